The number of rotatable bonds is 2. The van der Waals surface area contributed by atoms with Crippen LogP contribution in [-0.2, 0) is 0 Å². The van der Waals surface area contributed by atoms with Crippen molar-refractivity contribution in [1.29, 1.82) is 0 Å². The Morgan fingerprint density at radius 1 is 1.28 bits per heavy atom. The summed E-state index contributed by atoms with van der Waals surface area (Å²) in [6.45, 7) is 7.44. The first-order chi connectivity index (χ1) is 8.69. The number of fused-ring (bicyclic) bond motifs is 2. The fourth-order valence-electron chi connectivity index (χ4n) is 4.46. The largest absolute Gasteiger partial charge is 0.294 e. The molecule has 1 saturated carbocycles. The number of hydrogen-bond acceptors (Lipinski definition) is 3. The van der Waals surface area contributed by atoms with Crippen molar-refractivity contribution in [2.24, 2.45) is 28.7 Å². The zero-order valence-electron chi connectivity index (χ0n) is 11.9. The van der Waals surface area contributed by atoms with Crippen molar-refractivity contribution < 1.29 is 0 Å². The molecule has 3 aliphatic rings. The monoisotopic (exact) mass is 266 g/mol. The molecule has 0 aromatic heterocycles. The van der Waals surface area contributed by atoms with Gasteiger partial charge >= 0.3 is 0 Å². The minimum Gasteiger partial charge on any atom is -0.294 e. The molecule has 0 radical (unpaired) electrons. The Hall–Kier alpha value is -0.0200. The predicted octanol–water partition coefficient (Wildman–Crippen LogP) is 3.13. The highest BCUT2D eigenvalue weighted by molar-refractivity contribution is 7.98. The normalized spacial score (nSPS) is 44.4. The molecule has 18 heavy (non-hydrogen) atoms. The lowest BCUT2D eigenvalue weighted by molar-refractivity contribution is 0.206. The van der Waals surface area contributed by atoms with E-state index in [9.17, 15) is 0 Å². The molecule has 0 bridgehead atoms. The number of aliphatic imine (C=N–C) groups is 1. The molecule has 2 aliphatic heterocycles. The van der Waals surface area contributed by atoms with Crippen LogP contribution in [0.3, 0.4) is 0 Å². The van der Waals surface area contributed by atoms with Gasteiger partial charge in [-0.2, -0.15) is 0 Å². The summed E-state index contributed by atoms with van der Waals surface area (Å²) in [7, 11) is 0. The fraction of sp³-hybridized carbons (Fsp3) is 0.933. The Kier molecular flexibility index (Phi) is 3.72. The summed E-state index contributed by atoms with van der Waals surface area (Å²) in [4.78, 5) is 7.64. The molecule has 2 fully saturated rings. The highest BCUT2D eigenvalue weighted by atomic mass is 32.2. The van der Waals surface area contributed by atoms with Crippen molar-refractivity contribution in [1.82, 2.24) is 4.90 Å². The predicted molar refractivity (Wildman–Crippen MR) is 80.3 cm³/mol. The Bertz CT molecular complexity index is 341. The van der Waals surface area contributed by atoms with E-state index in [1.807, 2.05) is 11.8 Å². The van der Waals surface area contributed by atoms with Gasteiger partial charge < -0.3 is 0 Å². The second kappa shape index (κ2) is 5.16. The first-order valence-electron chi connectivity index (χ1n) is 7.47. The van der Waals surface area contributed by atoms with Crippen LogP contribution < -0.4 is 0 Å². The number of thioether (sulfide) groups is 1. The quantitative estimate of drug-likeness (QED) is 0.763. The Morgan fingerprint density at radius 2 is 2.11 bits per heavy atom. The molecule has 1 saturated heterocycles. The van der Waals surface area contributed by atoms with E-state index in [0.29, 0.717) is 6.04 Å². The molecule has 5 atom stereocenters. The van der Waals surface area contributed by atoms with Crippen LogP contribution in [-0.4, -0.2) is 41.9 Å². The van der Waals surface area contributed by atoms with E-state index in [2.05, 4.69) is 25.0 Å². The lowest BCUT2D eigenvalue weighted by Crippen LogP contribution is -2.41. The average molecular weight is 266 g/mol. The summed E-state index contributed by atoms with van der Waals surface area (Å²) in [5.41, 5.74) is 1.58. The Morgan fingerprint density at radius 3 is 2.89 bits per heavy atom. The van der Waals surface area contributed by atoms with Crippen LogP contribution in [0.15, 0.2) is 4.99 Å². The first-order valence-corrected chi connectivity index (χ1v) is 8.86. The summed E-state index contributed by atoms with van der Waals surface area (Å²) in [6.07, 6.45) is 6.23. The fourth-order valence-corrected chi connectivity index (χ4v) is 5.03. The summed E-state index contributed by atoms with van der Waals surface area (Å²) in [6, 6.07) is 0.587. The molecular formula is C15H26N2S. The second-order valence-corrected chi connectivity index (χ2v) is 7.43. The molecular weight excluding hydrogens is 240 g/mol. The zero-order chi connectivity index (χ0) is 12.7. The number of hydrogen-bond donors (Lipinski definition) is 0. The van der Waals surface area contributed by atoms with Gasteiger partial charge in [-0.25, -0.2) is 0 Å². The maximum Gasteiger partial charge on any atom is 0.0471 e. The summed E-state index contributed by atoms with van der Waals surface area (Å²) >= 11 is 1.97. The maximum atomic E-state index is 4.98. The third-order valence-electron chi connectivity index (χ3n) is 5.37. The van der Waals surface area contributed by atoms with Crippen LogP contribution in [0.1, 0.15) is 33.1 Å². The van der Waals surface area contributed by atoms with Gasteiger partial charge in [-0.15, -0.1) is 11.8 Å². The van der Waals surface area contributed by atoms with E-state index in [1.165, 1.54) is 38.2 Å². The molecule has 102 valence electrons. The van der Waals surface area contributed by atoms with Gasteiger partial charge in [-0.05, 0) is 56.1 Å². The third kappa shape index (κ3) is 2.24. The molecule has 0 aromatic carbocycles. The van der Waals surface area contributed by atoms with E-state index in [0.717, 1.165) is 23.7 Å². The van der Waals surface area contributed by atoms with E-state index >= 15 is 0 Å². The van der Waals surface area contributed by atoms with Crippen LogP contribution in [0, 0.1) is 23.7 Å². The molecule has 0 amide bonds. The molecule has 5 unspecified atom stereocenters. The smallest absolute Gasteiger partial charge is 0.0471 e. The van der Waals surface area contributed by atoms with Gasteiger partial charge in [0.05, 0.1) is 0 Å². The topological polar surface area (TPSA) is 15.6 Å². The van der Waals surface area contributed by atoms with Gasteiger partial charge in [0.1, 0.15) is 0 Å². The standard InChI is InChI=1S/C15H26N2S/c1-10-4-5-13-11(2)14-8-17(9-18-3)7-12(14)6-15(13)16-10/h10-14H,4-9H2,1-3H3. The summed E-state index contributed by atoms with van der Waals surface area (Å²) in [5, 5.41) is 0. The molecule has 2 heterocycles. The number of likely N-dealkylation sites (tertiary alicyclic amines) is 1. The van der Waals surface area contributed by atoms with Crippen LogP contribution in [0.5, 0.6) is 0 Å². The van der Waals surface area contributed by atoms with E-state index in [1.54, 1.807) is 5.71 Å². The highest BCUT2D eigenvalue weighted by Gasteiger charge is 2.45. The average Bonchev–Trinajstić information content (AvgIpc) is 2.72. The molecule has 2 nitrogen and oxygen atoms in total. The van der Waals surface area contributed by atoms with Crippen LogP contribution in [0.4, 0.5) is 0 Å². The molecule has 0 spiro atoms. The van der Waals surface area contributed by atoms with Gasteiger partial charge in [0.25, 0.3) is 0 Å². The lowest BCUT2D eigenvalue weighted by atomic mass is 9.65. The summed E-state index contributed by atoms with van der Waals surface area (Å²) in [5.74, 6) is 4.73. The first kappa shape index (κ1) is 13.0. The van der Waals surface area contributed by atoms with Gasteiger partial charge in [-0.3, -0.25) is 9.89 Å². The van der Waals surface area contributed by atoms with Gasteiger partial charge in [0, 0.05) is 30.7 Å². The SMILES string of the molecule is CSCN1CC2CC3=NC(C)CCC3C(C)C2C1. The van der Waals surface area contributed by atoms with Gasteiger partial charge in [-0.1, -0.05) is 6.92 Å². The summed E-state index contributed by atoms with van der Waals surface area (Å²) < 4.78 is 0. The third-order valence-corrected chi connectivity index (χ3v) is 5.99. The van der Waals surface area contributed by atoms with Crippen molar-refractivity contribution in [2.75, 3.05) is 25.2 Å². The maximum absolute atomic E-state index is 4.98. The zero-order valence-corrected chi connectivity index (χ0v) is 12.7. The van der Waals surface area contributed by atoms with E-state index in [4.69, 9.17) is 4.99 Å². The van der Waals surface area contributed by atoms with Crippen molar-refractivity contribution >= 4 is 17.5 Å². The van der Waals surface area contributed by atoms with Crippen molar-refractivity contribution in [3.8, 4) is 0 Å². The van der Waals surface area contributed by atoms with E-state index < -0.39 is 0 Å². The number of nitrogens with zero attached hydrogens (tertiary/aromatic N) is 2. The van der Waals surface area contributed by atoms with Crippen LogP contribution >= 0.6 is 11.8 Å². The molecule has 0 N–H and O–H groups in total. The van der Waals surface area contributed by atoms with Crippen molar-refractivity contribution in [3.63, 3.8) is 0 Å². The molecule has 1 aliphatic carbocycles. The van der Waals surface area contributed by atoms with Crippen LogP contribution in [0.25, 0.3) is 0 Å². The van der Waals surface area contributed by atoms with Gasteiger partial charge in [0.2, 0.25) is 0 Å². The molecule has 0 aromatic rings. The molecule has 3 heteroatoms. The van der Waals surface area contributed by atoms with Crippen LogP contribution in [0.2, 0.25) is 0 Å². The van der Waals surface area contributed by atoms with Crippen molar-refractivity contribution in [2.45, 2.75) is 39.2 Å². The Labute approximate surface area is 116 Å². The highest BCUT2D eigenvalue weighted by Crippen LogP contribution is 2.45. The van der Waals surface area contributed by atoms with Gasteiger partial charge in [0.15, 0.2) is 0 Å². The minimum atomic E-state index is 0.587. The van der Waals surface area contributed by atoms with E-state index in [-0.39, 0.29) is 0 Å². The molecule has 3 rings (SSSR count). The minimum absolute atomic E-state index is 0.587. The second-order valence-electron chi connectivity index (χ2n) is 6.59. The van der Waals surface area contributed by atoms with Crippen molar-refractivity contribution in [3.05, 3.63) is 0 Å². The Balaban J connectivity index is 1.76. The lowest BCUT2D eigenvalue weighted by Gasteiger charge is -2.41.